The van der Waals surface area contributed by atoms with Gasteiger partial charge in [-0.3, -0.25) is 0 Å². The zero-order chi connectivity index (χ0) is 15.6. The standard InChI is InChI=1S/C13H14BrFN2O2S2/c1-17(5-4-9-3-2-6-20-9)21(18,19)13-8-12(16)10(14)7-11(13)15/h2-3,6-8H,4-5,16H2,1H3. The fourth-order valence-electron chi connectivity index (χ4n) is 1.75. The van der Waals surface area contributed by atoms with Crippen LogP contribution in [-0.2, 0) is 16.4 Å². The first-order valence-electron chi connectivity index (χ1n) is 6.05. The maximum absolute atomic E-state index is 13.9. The van der Waals surface area contributed by atoms with Crippen LogP contribution in [-0.4, -0.2) is 26.3 Å². The van der Waals surface area contributed by atoms with Crippen molar-refractivity contribution in [2.45, 2.75) is 11.3 Å². The number of nitrogens with two attached hydrogens (primary N) is 1. The topological polar surface area (TPSA) is 63.4 Å². The van der Waals surface area contributed by atoms with Gasteiger partial charge >= 0.3 is 0 Å². The first-order valence-corrected chi connectivity index (χ1v) is 9.17. The molecule has 1 aromatic carbocycles. The van der Waals surface area contributed by atoms with E-state index >= 15 is 0 Å². The third-order valence-electron chi connectivity index (χ3n) is 2.99. The fraction of sp³-hybridized carbons (Fsp3) is 0.231. The lowest BCUT2D eigenvalue weighted by Crippen LogP contribution is -2.29. The van der Waals surface area contributed by atoms with E-state index in [1.807, 2.05) is 17.5 Å². The van der Waals surface area contributed by atoms with E-state index in [0.29, 0.717) is 10.9 Å². The second-order valence-electron chi connectivity index (χ2n) is 4.46. The Labute approximate surface area is 135 Å². The summed E-state index contributed by atoms with van der Waals surface area (Å²) in [4.78, 5) is 0.671. The van der Waals surface area contributed by atoms with Crippen LogP contribution in [0, 0.1) is 5.82 Å². The normalized spacial score (nSPS) is 12.0. The van der Waals surface area contributed by atoms with Gasteiger partial charge in [-0.15, -0.1) is 11.3 Å². The van der Waals surface area contributed by atoms with Crippen LogP contribution in [0.5, 0.6) is 0 Å². The number of hydrogen-bond acceptors (Lipinski definition) is 4. The first-order chi connectivity index (χ1) is 9.82. The van der Waals surface area contributed by atoms with Crippen LogP contribution in [0.3, 0.4) is 0 Å². The summed E-state index contributed by atoms with van der Waals surface area (Å²) in [5, 5.41) is 1.93. The fourth-order valence-corrected chi connectivity index (χ4v) is 4.02. The molecule has 2 N–H and O–H groups in total. The van der Waals surface area contributed by atoms with Gasteiger partial charge in [0.15, 0.2) is 0 Å². The Morgan fingerprint density at radius 2 is 2.14 bits per heavy atom. The van der Waals surface area contributed by atoms with Crippen molar-refractivity contribution >= 4 is 43.0 Å². The van der Waals surface area contributed by atoms with E-state index in [4.69, 9.17) is 5.73 Å². The zero-order valence-electron chi connectivity index (χ0n) is 11.2. The molecular weight excluding hydrogens is 379 g/mol. The number of likely N-dealkylation sites (N-methyl/N-ethyl adjacent to an activating group) is 1. The molecule has 21 heavy (non-hydrogen) atoms. The van der Waals surface area contributed by atoms with Crippen molar-refractivity contribution in [2.75, 3.05) is 19.3 Å². The number of hydrogen-bond donors (Lipinski definition) is 1. The maximum atomic E-state index is 13.9. The zero-order valence-corrected chi connectivity index (χ0v) is 14.4. The van der Waals surface area contributed by atoms with Crippen molar-refractivity contribution in [3.05, 3.63) is 44.8 Å². The molecule has 1 aromatic heterocycles. The Morgan fingerprint density at radius 1 is 1.43 bits per heavy atom. The van der Waals surface area contributed by atoms with Crippen LogP contribution in [0.15, 0.2) is 39.0 Å². The van der Waals surface area contributed by atoms with Gasteiger partial charge in [0.1, 0.15) is 10.7 Å². The van der Waals surface area contributed by atoms with E-state index in [-0.39, 0.29) is 12.2 Å². The van der Waals surface area contributed by atoms with Crippen LogP contribution in [0.2, 0.25) is 0 Å². The Morgan fingerprint density at radius 3 is 2.76 bits per heavy atom. The first kappa shape index (κ1) is 16.4. The van der Waals surface area contributed by atoms with Gasteiger partial charge < -0.3 is 5.73 Å². The van der Waals surface area contributed by atoms with Crippen molar-refractivity contribution in [2.24, 2.45) is 0 Å². The van der Waals surface area contributed by atoms with Gasteiger partial charge in [-0.05, 0) is 45.9 Å². The molecule has 0 aliphatic heterocycles. The van der Waals surface area contributed by atoms with Crippen LogP contribution in [0.4, 0.5) is 10.1 Å². The number of halogens is 2. The quantitative estimate of drug-likeness (QED) is 0.795. The Hall–Kier alpha value is -0.960. The van der Waals surface area contributed by atoms with E-state index in [1.165, 1.54) is 7.05 Å². The average molecular weight is 393 g/mol. The smallest absolute Gasteiger partial charge is 0.245 e. The largest absolute Gasteiger partial charge is 0.398 e. The van der Waals surface area contributed by atoms with Crippen LogP contribution in [0.1, 0.15) is 4.88 Å². The molecule has 0 amide bonds. The lowest BCUT2D eigenvalue weighted by molar-refractivity contribution is 0.466. The minimum Gasteiger partial charge on any atom is -0.398 e. The monoisotopic (exact) mass is 392 g/mol. The summed E-state index contributed by atoms with van der Waals surface area (Å²) in [6.07, 6.45) is 0.584. The third kappa shape index (κ3) is 3.63. The molecule has 0 aliphatic rings. The number of benzene rings is 1. The minimum atomic E-state index is -3.90. The number of rotatable bonds is 5. The summed E-state index contributed by atoms with van der Waals surface area (Å²) < 4.78 is 40.2. The molecule has 0 saturated heterocycles. The molecule has 0 fully saturated rings. The Kier molecular flexibility index (Phi) is 5.03. The molecule has 114 valence electrons. The van der Waals surface area contributed by atoms with Crippen molar-refractivity contribution in [1.82, 2.24) is 4.31 Å². The highest BCUT2D eigenvalue weighted by Crippen LogP contribution is 2.27. The van der Waals surface area contributed by atoms with E-state index in [9.17, 15) is 12.8 Å². The molecule has 2 aromatic rings. The van der Waals surface area contributed by atoms with Crippen molar-refractivity contribution in [1.29, 1.82) is 0 Å². The summed E-state index contributed by atoms with van der Waals surface area (Å²) in [6, 6.07) is 6.04. The summed E-state index contributed by atoms with van der Waals surface area (Å²) >= 11 is 4.63. The average Bonchev–Trinajstić information content (AvgIpc) is 2.93. The summed E-state index contributed by atoms with van der Waals surface area (Å²) in [5.74, 6) is -0.820. The maximum Gasteiger partial charge on any atom is 0.245 e. The molecule has 0 saturated carbocycles. The Bertz CT molecular complexity index is 733. The highest BCUT2D eigenvalue weighted by Gasteiger charge is 2.25. The van der Waals surface area contributed by atoms with Crippen molar-refractivity contribution in [3.8, 4) is 0 Å². The van der Waals surface area contributed by atoms with Crippen molar-refractivity contribution in [3.63, 3.8) is 0 Å². The van der Waals surface area contributed by atoms with E-state index < -0.39 is 20.7 Å². The molecule has 1 heterocycles. The molecule has 0 bridgehead atoms. The number of anilines is 1. The Balaban J connectivity index is 2.22. The van der Waals surface area contributed by atoms with Gasteiger partial charge in [0.2, 0.25) is 10.0 Å². The molecule has 4 nitrogen and oxygen atoms in total. The van der Waals surface area contributed by atoms with Gasteiger partial charge in [0.25, 0.3) is 0 Å². The second kappa shape index (κ2) is 6.43. The van der Waals surface area contributed by atoms with Crippen LogP contribution >= 0.6 is 27.3 Å². The number of nitrogen functional groups attached to an aromatic ring is 1. The highest BCUT2D eigenvalue weighted by molar-refractivity contribution is 9.10. The van der Waals surface area contributed by atoms with Gasteiger partial charge in [0, 0.05) is 28.6 Å². The summed E-state index contributed by atoms with van der Waals surface area (Å²) in [7, 11) is -2.47. The van der Waals surface area contributed by atoms with Gasteiger partial charge in [-0.1, -0.05) is 6.07 Å². The number of sulfonamides is 1. The predicted octanol–water partition coefficient (Wildman–Crippen LogP) is 3.10. The van der Waals surface area contributed by atoms with Gasteiger partial charge in [0.05, 0.1) is 0 Å². The number of nitrogens with zero attached hydrogens (tertiary/aromatic N) is 1. The van der Waals surface area contributed by atoms with E-state index in [1.54, 1.807) is 11.3 Å². The molecule has 0 unspecified atom stereocenters. The highest BCUT2D eigenvalue weighted by atomic mass is 79.9. The molecule has 0 spiro atoms. The SMILES string of the molecule is CN(CCc1cccs1)S(=O)(=O)c1cc(N)c(Br)cc1F. The molecule has 0 aliphatic carbocycles. The van der Waals surface area contributed by atoms with Gasteiger partial charge in [-0.2, -0.15) is 0 Å². The molecule has 2 rings (SSSR count). The molecule has 0 radical (unpaired) electrons. The van der Waals surface area contributed by atoms with Crippen LogP contribution < -0.4 is 5.73 Å². The minimum absolute atomic E-state index is 0.182. The summed E-state index contributed by atoms with van der Waals surface area (Å²) in [6.45, 7) is 0.276. The van der Waals surface area contributed by atoms with E-state index in [2.05, 4.69) is 15.9 Å². The predicted molar refractivity (Wildman–Crippen MR) is 86.4 cm³/mol. The van der Waals surface area contributed by atoms with Gasteiger partial charge in [-0.25, -0.2) is 17.1 Å². The molecule has 0 atom stereocenters. The number of thiophene rings is 1. The lowest BCUT2D eigenvalue weighted by atomic mass is 10.3. The second-order valence-corrected chi connectivity index (χ2v) is 8.36. The van der Waals surface area contributed by atoms with Crippen LogP contribution in [0.25, 0.3) is 0 Å². The van der Waals surface area contributed by atoms with Crippen molar-refractivity contribution < 1.29 is 12.8 Å². The van der Waals surface area contributed by atoms with E-state index in [0.717, 1.165) is 21.3 Å². The summed E-state index contributed by atoms with van der Waals surface area (Å²) in [5.41, 5.74) is 5.82. The third-order valence-corrected chi connectivity index (χ3v) is 6.49. The lowest BCUT2D eigenvalue weighted by Gasteiger charge is -2.17. The molecule has 8 heteroatoms. The molecular formula is C13H14BrFN2O2S2.